The SMILES string of the molecule is COC(=O)C(=CCCC(C)=CCCc1ccc2c(c1)C(=O)C(C)=CC2=O)CCC=C(C)C. The third-order valence-electron chi connectivity index (χ3n) is 5.57. The molecule has 4 nitrogen and oxygen atoms in total. The fraction of sp³-hybridized carbons (Fsp3) is 0.393. The molecule has 0 heterocycles. The molecule has 1 aliphatic rings. The number of ketones is 2. The predicted octanol–water partition coefficient (Wildman–Crippen LogP) is 6.52. The third kappa shape index (κ3) is 7.30. The quantitative estimate of drug-likeness (QED) is 0.239. The topological polar surface area (TPSA) is 60.4 Å². The van der Waals surface area contributed by atoms with Crippen LogP contribution in [0.3, 0.4) is 0 Å². The van der Waals surface area contributed by atoms with Gasteiger partial charge in [-0.3, -0.25) is 9.59 Å². The van der Waals surface area contributed by atoms with Crippen LogP contribution in [0.2, 0.25) is 0 Å². The van der Waals surface area contributed by atoms with Gasteiger partial charge in [-0.25, -0.2) is 4.79 Å². The second-order valence-electron chi connectivity index (χ2n) is 8.57. The van der Waals surface area contributed by atoms with Crippen molar-refractivity contribution in [2.75, 3.05) is 7.11 Å². The number of Topliss-reactive ketones (excluding diaryl/α,β-unsaturated/α-hetero) is 1. The van der Waals surface area contributed by atoms with Crippen molar-refractivity contribution < 1.29 is 19.1 Å². The molecular weight excluding hydrogens is 400 g/mol. The Morgan fingerprint density at radius 1 is 0.938 bits per heavy atom. The van der Waals surface area contributed by atoms with Gasteiger partial charge in [0.25, 0.3) is 0 Å². The molecule has 0 aromatic heterocycles. The number of aryl methyl sites for hydroxylation is 1. The first-order valence-electron chi connectivity index (χ1n) is 11.2. The molecule has 0 amide bonds. The first-order valence-corrected chi connectivity index (χ1v) is 11.2. The average Bonchev–Trinajstić information content (AvgIpc) is 2.75. The molecular formula is C28H34O4. The Morgan fingerprint density at radius 2 is 1.66 bits per heavy atom. The van der Waals surface area contributed by atoms with E-state index in [1.807, 2.05) is 18.2 Å². The van der Waals surface area contributed by atoms with Gasteiger partial charge in [-0.15, -0.1) is 0 Å². The Morgan fingerprint density at radius 3 is 2.34 bits per heavy atom. The maximum Gasteiger partial charge on any atom is 0.333 e. The molecule has 2 rings (SSSR count). The van der Waals surface area contributed by atoms with E-state index in [9.17, 15) is 14.4 Å². The summed E-state index contributed by atoms with van der Waals surface area (Å²) in [6.45, 7) is 7.88. The van der Waals surface area contributed by atoms with Crippen molar-refractivity contribution in [3.05, 3.63) is 81.5 Å². The summed E-state index contributed by atoms with van der Waals surface area (Å²) < 4.78 is 4.91. The van der Waals surface area contributed by atoms with Gasteiger partial charge >= 0.3 is 5.97 Å². The molecule has 1 aliphatic carbocycles. The molecule has 0 saturated heterocycles. The smallest absolute Gasteiger partial charge is 0.333 e. The number of ether oxygens (including phenoxy) is 1. The summed E-state index contributed by atoms with van der Waals surface area (Å²) in [7, 11) is 1.42. The van der Waals surface area contributed by atoms with Crippen molar-refractivity contribution in [2.24, 2.45) is 0 Å². The van der Waals surface area contributed by atoms with Crippen LogP contribution < -0.4 is 0 Å². The zero-order valence-electron chi connectivity index (χ0n) is 19.9. The lowest BCUT2D eigenvalue weighted by Crippen LogP contribution is -2.15. The largest absolute Gasteiger partial charge is 0.466 e. The Balaban J connectivity index is 1.91. The fourth-order valence-corrected chi connectivity index (χ4v) is 3.70. The van der Waals surface area contributed by atoms with Gasteiger partial charge in [-0.2, -0.15) is 0 Å². The van der Waals surface area contributed by atoms with Crippen molar-refractivity contribution in [1.82, 2.24) is 0 Å². The van der Waals surface area contributed by atoms with Gasteiger partial charge in [-0.05, 0) is 83.9 Å². The van der Waals surface area contributed by atoms with Gasteiger partial charge in [0, 0.05) is 22.3 Å². The lowest BCUT2D eigenvalue weighted by Gasteiger charge is -2.13. The van der Waals surface area contributed by atoms with E-state index < -0.39 is 0 Å². The van der Waals surface area contributed by atoms with Crippen LogP contribution in [0.5, 0.6) is 0 Å². The number of methoxy groups -OCH3 is 1. The molecule has 0 atom stereocenters. The van der Waals surface area contributed by atoms with Crippen molar-refractivity contribution in [3.8, 4) is 0 Å². The molecule has 0 spiro atoms. The first-order chi connectivity index (χ1) is 15.2. The van der Waals surface area contributed by atoms with Crippen LogP contribution in [0.25, 0.3) is 0 Å². The third-order valence-corrected chi connectivity index (χ3v) is 5.57. The van der Waals surface area contributed by atoms with Crippen molar-refractivity contribution in [2.45, 2.75) is 66.2 Å². The zero-order chi connectivity index (χ0) is 23.7. The summed E-state index contributed by atoms with van der Waals surface area (Å²) in [5, 5.41) is 0. The number of esters is 1. The highest BCUT2D eigenvalue weighted by Crippen LogP contribution is 2.23. The maximum absolute atomic E-state index is 12.4. The number of benzene rings is 1. The number of rotatable bonds is 10. The van der Waals surface area contributed by atoms with Crippen LogP contribution in [0, 0.1) is 0 Å². The lowest BCUT2D eigenvalue weighted by atomic mass is 9.88. The minimum absolute atomic E-state index is 0.0639. The lowest BCUT2D eigenvalue weighted by molar-refractivity contribution is -0.136. The van der Waals surface area contributed by atoms with Crippen LogP contribution in [-0.4, -0.2) is 24.6 Å². The van der Waals surface area contributed by atoms with Gasteiger partial charge in [0.15, 0.2) is 11.6 Å². The van der Waals surface area contributed by atoms with Crippen molar-refractivity contribution in [3.63, 3.8) is 0 Å². The normalized spacial score (nSPS) is 14.1. The van der Waals surface area contributed by atoms with Gasteiger partial charge in [0.1, 0.15) is 0 Å². The Labute approximate surface area is 191 Å². The Bertz CT molecular complexity index is 998. The highest BCUT2D eigenvalue weighted by atomic mass is 16.5. The molecule has 32 heavy (non-hydrogen) atoms. The van der Waals surface area contributed by atoms with Gasteiger partial charge in [-0.1, -0.05) is 41.5 Å². The monoisotopic (exact) mass is 434 g/mol. The summed E-state index contributed by atoms with van der Waals surface area (Å²) in [6, 6.07) is 5.55. The number of hydrogen-bond acceptors (Lipinski definition) is 4. The van der Waals surface area contributed by atoms with Gasteiger partial charge in [0.2, 0.25) is 0 Å². The predicted molar refractivity (Wildman–Crippen MR) is 129 cm³/mol. The summed E-state index contributed by atoms with van der Waals surface area (Å²) in [5.74, 6) is -0.412. The first kappa shape index (κ1) is 25.3. The van der Waals surface area contributed by atoms with E-state index in [-0.39, 0.29) is 17.5 Å². The molecule has 0 aliphatic heterocycles. The highest BCUT2D eigenvalue weighted by Gasteiger charge is 2.23. The Hall–Kier alpha value is -3.01. The number of hydrogen-bond donors (Lipinski definition) is 0. The van der Waals surface area contributed by atoms with E-state index in [2.05, 4.69) is 32.9 Å². The van der Waals surface area contributed by atoms with Gasteiger partial charge < -0.3 is 4.74 Å². The minimum atomic E-state index is -0.251. The van der Waals surface area contributed by atoms with Crippen LogP contribution in [0.1, 0.15) is 86.1 Å². The van der Waals surface area contributed by atoms with Crippen LogP contribution >= 0.6 is 0 Å². The molecule has 170 valence electrons. The van der Waals surface area contributed by atoms with E-state index in [0.717, 1.165) is 43.2 Å². The molecule has 0 unspecified atom stereocenters. The molecule has 4 heteroatoms. The van der Waals surface area contributed by atoms with Crippen LogP contribution in [0.15, 0.2) is 64.8 Å². The second-order valence-corrected chi connectivity index (χ2v) is 8.57. The zero-order valence-corrected chi connectivity index (χ0v) is 19.9. The van der Waals surface area contributed by atoms with Crippen molar-refractivity contribution in [1.29, 1.82) is 0 Å². The van der Waals surface area contributed by atoms with E-state index in [4.69, 9.17) is 4.74 Å². The molecule has 0 radical (unpaired) electrons. The van der Waals surface area contributed by atoms with E-state index in [0.29, 0.717) is 23.1 Å². The summed E-state index contributed by atoms with van der Waals surface area (Å²) >= 11 is 0. The van der Waals surface area contributed by atoms with E-state index >= 15 is 0 Å². The molecule has 0 bridgehead atoms. The molecule has 0 fully saturated rings. The minimum Gasteiger partial charge on any atom is -0.466 e. The highest BCUT2D eigenvalue weighted by molar-refractivity contribution is 6.24. The number of fused-ring (bicyclic) bond motifs is 1. The fourth-order valence-electron chi connectivity index (χ4n) is 3.70. The van der Waals surface area contributed by atoms with Crippen LogP contribution in [-0.2, 0) is 16.0 Å². The number of allylic oxidation sites excluding steroid dienone is 7. The van der Waals surface area contributed by atoms with Gasteiger partial charge in [0.05, 0.1) is 7.11 Å². The second kappa shape index (κ2) is 12.1. The van der Waals surface area contributed by atoms with E-state index in [1.54, 1.807) is 13.0 Å². The molecule has 0 N–H and O–H groups in total. The standard InChI is InChI=1S/C28H34O4/c1-19(2)9-6-13-23(28(31)32-5)14-8-11-20(3)10-7-12-22-15-16-24-25(18-22)27(30)21(4)17-26(24)29/h9-10,14-18H,6-8,11-13H2,1-5H3. The number of carbonyl (C=O) groups excluding carboxylic acids is 3. The summed E-state index contributed by atoms with van der Waals surface area (Å²) in [6.07, 6.45) is 12.6. The maximum atomic E-state index is 12.4. The average molecular weight is 435 g/mol. The van der Waals surface area contributed by atoms with Crippen LogP contribution in [0.4, 0.5) is 0 Å². The molecule has 1 aromatic rings. The number of carbonyl (C=O) groups is 3. The molecule has 0 saturated carbocycles. The van der Waals surface area contributed by atoms with E-state index in [1.165, 1.54) is 24.3 Å². The molecule has 1 aromatic carbocycles. The Kier molecular flexibility index (Phi) is 9.58. The summed E-state index contributed by atoms with van der Waals surface area (Å²) in [4.78, 5) is 36.4. The summed E-state index contributed by atoms with van der Waals surface area (Å²) in [5.41, 5.74) is 5.80. The van der Waals surface area contributed by atoms with Crippen molar-refractivity contribution >= 4 is 17.5 Å².